The number of nitrogens with zero attached hydrogens (tertiary/aromatic N) is 2. The largest absolute Gasteiger partial charge is 0.493 e. The molecule has 3 aromatic carbocycles. The Morgan fingerprint density at radius 1 is 1.11 bits per heavy atom. The highest BCUT2D eigenvalue weighted by Gasteiger charge is 2.39. The van der Waals surface area contributed by atoms with Gasteiger partial charge in [0.25, 0.3) is 0 Å². The van der Waals surface area contributed by atoms with Crippen LogP contribution in [-0.2, 0) is 17.9 Å². The number of fused-ring (bicyclic) bond motifs is 1. The van der Waals surface area contributed by atoms with Crippen molar-refractivity contribution in [2.75, 3.05) is 26.7 Å². The molecule has 1 N–H and O–H groups in total. The molecule has 2 heterocycles. The zero-order valence-electron chi connectivity index (χ0n) is 22.3. The van der Waals surface area contributed by atoms with Crippen LogP contribution in [0.5, 0.6) is 5.75 Å². The van der Waals surface area contributed by atoms with Crippen LogP contribution >= 0.6 is 11.6 Å². The summed E-state index contributed by atoms with van der Waals surface area (Å²) in [5.41, 5.74) is 4.31. The van der Waals surface area contributed by atoms with Crippen LogP contribution < -0.4 is 4.74 Å². The first-order valence-electron chi connectivity index (χ1n) is 13.3. The van der Waals surface area contributed by atoms with E-state index in [0.717, 1.165) is 59.9 Å². The first-order valence-corrected chi connectivity index (χ1v) is 13.7. The molecule has 0 radical (unpaired) electrons. The molecule has 0 saturated carbocycles. The SMILES string of the molecule is Cc1cc(OC[C@]2(CC(=O)N(C)Cc3ccccc3)CCCN(Cc3cccc4[nH]ccc34)C2)ccc1Cl. The number of piperidine rings is 1. The molecule has 0 spiro atoms. The third-order valence-electron chi connectivity index (χ3n) is 7.71. The maximum atomic E-state index is 13.6. The van der Waals surface area contributed by atoms with E-state index in [-0.39, 0.29) is 11.3 Å². The number of carbonyl (C=O) groups is 1. The average molecular weight is 530 g/mol. The lowest BCUT2D eigenvalue weighted by Gasteiger charge is -2.43. The summed E-state index contributed by atoms with van der Waals surface area (Å²) >= 11 is 6.24. The molecule has 1 atom stereocenters. The van der Waals surface area contributed by atoms with Crippen LogP contribution in [0.25, 0.3) is 10.9 Å². The molecule has 1 saturated heterocycles. The van der Waals surface area contributed by atoms with Gasteiger partial charge in [-0.3, -0.25) is 9.69 Å². The minimum atomic E-state index is -0.278. The van der Waals surface area contributed by atoms with E-state index in [1.165, 1.54) is 10.9 Å². The van der Waals surface area contributed by atoms with Gasteiger partial charge in [0, 0.05) is 60.6 Å². The first kappa shape index (κ1) is 26.3. The number of H-pyrrole nitrogens is 1. The van der Waals surface area contributed by atoms with Crippen molar-refractivity contribution in [3.05, 3.63) is 101 Å². The third kappa shape index (κ3) is 6.23. The molecule has 0 aliphatic carbocycles. The molecule has 38 heavy (non-hydrogen) atoms. The second-order valence-corrected chi connectivity index (χ2v) is 11.2. The van der Waals surface area contributed by atoms with Gasteiger partial charge >= 0.3 is 0 Å². The van der Waals surface area contributed by atoms with Gasteiger partial charge in [-0.25, -0.2) is 0 Å². The van der Waals surface area contributed by atoms with Crippen molar-refractivity contribution in [2.45, 2.75) is 39.3 Å². The molecule has 198 valence electrons. The number of amides is 1. The predicted octanol–water partition coefficient (Wildman–Crippen LogP) is 6.84. The van der Waals surface area contributed by atoms with Gasteiger partial charge in [0.05, 0.1) is 6.61 Å². The Bertz CT molecular complexity index is 1390. The highest BCUT2D eigenvalue weighted by Crippen LogP contribution is 2.36. The Hall–Kier alpha value is -3.28. The van der Waals surface area contributed by atoms with E-state index in [1.807, 2.05) is 61.5 Å². The predicted molar refractivity (Wildman–Crippen MR) is 154 cm³/mol. The lowest BCUT2D eigenvalue weighted by molar-refractivity contribution is -0.135. The van der Waals surface area contributed by atoms with Crippen molar-refractivity contribution < 1.29 is 9.53 Å². The van der Waals surface area contributed by atoms with Crippen molar-refractivity contribution in [1.82, 2.24) is 14.8 Å². The fourth-order valence-electron chi connectivity index (χ4n) is 5.63. The third-order valence-corrected chi connectivity index (χ3v) is 8.13. The zero-order chi connectivity index (χ0) is 26.5. The number of hydrogen-bond acceptors (Lipinski definition) is 3. The van der Waals surface area contributed by atoms with E-state index in [0.29, 0.717) is 19.6 Å². The Labute approximate surface area is 230 Å². The molecule has 6 heteroatoms. The molecular formula is C32H36ClN3O2. The van der Waals surface area contributed by atoms with Crippen LogP contribution in [0.15, 0.2) is 79.0 Å². The van der Waals surface area contributed by atoms with Crippen LogP contribution in [-0.4, -0.2) is 47.4 Å². The lowest BCUT2D eigenvalue weighted by Crippen LogP contribution is -2.48. The number of aromatic nitrogens is 1. The standard InChI is InChI=1S/C32H36ClN3O2/c1-24-18-27(12-13-29(24)33)38-23-32(19-31(37)35(2)20-25-8-4-3-5-9-25)15-7-17-36(22-32)21-26-10-6-11-30-28(26)14-16-34-30/h3-6,8-14,16,18,34H,7,15,17,19-23H2,1-2H3/t32-/m0/s1. The van der Waals surface area contributed by atoms with E-state index in [9.17, 15) is 4.79 Å². The van der Waals surface area contributed by atoms with E-state index < -0.39 is 0 Å². The van der Waals surface area contributed by atoms with Crippen LogP contribution in [0.1, 0.15) is 36.0 Å². The highest BCUT2D eigenvalue weighted by molar-refractivity contribution is 6.31. The van der Waals surface area contributed by atoms with E-state index in [1.54, 1.807) is 0 Å². The van der Waals surface area contributed by atoms with Gasteiger partial charge in [-0.05, 0) is 73.3 Å². The topological polar surface area (TPSA) is 48.6 Å². The lowest BCUT2D eigenvalue weighted by atomic mass is 9.77. The summed E-state index contributed by atoms with van der Waals surface area (Å²) in [4.78, 5) is 21.2. The number of likely N-dealkylation sites (tertiary alicyclic amines) is 1. The summed E-state index contributed by atoms with van der Waals surface area (Å²) in [5.74, 6) is 0.949. The molecular weight excluding hydrogens is 494 g/mol. The number of aromatic amines is 1. The molecule has 5 rings (SSSR count). The number of carbonyl (C=O) groups excluding carboxylic acids is 1. The molecule has 4 aromatic rings. The van der Waals surface area contributed by atoms with E-state index in [4.69, 9.17) is 16.3 Å². The molecule has 1 amide bonds. The summed E-state index contributed by atoms with van der Waals surface area (Å²) < 4.78 is 6.38. The van der Waals surface area contributed by atoms with Crippen molar-refractivity contribution in [3.8, 4) is 5.75 Å². The highest BCUT2D eigenvalue weighted by atomic mass is 35.5. The molecule has 5 nitrogen and oxygen atoms in total. The van der Waals surface area contributed by atoms with Gasteiger partial charge in [0.2, 0.25) is 5.91 Å². The number of halogens is 1. The van der Waals surface area contributed by atoms with Gasteiger partial charge in [-0.2, -0.15) is 0 Å². The van der Waals surface area contributed by atoms with Gasteiger partial charge in [-0.1, -0.05) is 54.1 Å². The molecule has 0 unspecified atom stereocenters. The smallest absolute Gasteiger partial charge is 0.223 e. The normalized spacial score (nSPS) is 18.0. The summed E-state index contributed by atoms with van der Waals surface area (Å²) in [6, 6.07) is 24.5. The minimum Gasteiger partial charge on any atom is -0.493 e. The van der Waals surface area contributed by atoms with Crippen molar-refractivity contribution >= 4 is 28.4 Å². The maximum absolute atomic E-state index is 13.6. The summed E-state index contributed by atoms with van der Waals surface area (Å²) in [5, 5.41) is 1.99. The van der Waals surface area contributed by atoms with Crippen LogP contribution in [0, 0.1) is 12.3 Å². The number of aryl methyl sites for hydroxylation is 1. The number of rotatable bonds is 9. The van der Waals surface area contributed by atoms with Crippen LogP contribution in [0.3, 0.4) is 0 Å². The monoisotopic (exact) mass is 529 g/mol. The minimum absolute atomic E-state index is 0.152. The van der Waals surface area contributed by atoms with Gasteiger partial charge in [-0.15, -0.1) is 0 Å². The molecule has 1 aromatic heterocycles. The van der Waals surface area contributed by atoms with Gasteiger partial charge < -0.3 is 14.6 Å². The fourth-order valence-corrected chi connectivity index (χ4v) is 5.75. The molecule has 1 aliphatic heterocycles. The molecule has 1 aliphatic rings. The quantitative estimate of drug-likeness (QED) is 0.258. The maximum Gasteiger partial charge on any atom is 0.223 e. The zero-order valence-corrected chi connectivity index (χ0v) is 23.0. The van der Waals surface area contributed by atoms with Crippen molar-refractivity contribution in [3.63, 3.8) is 0 Å². The van der Waals surface area contributed by atoms with E-state index in [2.05, 4.69) is 46.3 Å². The van der Waals surface area contributed by atoms with Crippen LogP contribution in [0.2, 0.25) is 5.02 Å². The average Bonchev–Trinajstić information content (AvgIpc) is 3.40. The van der Waals surface area contributed by atoms with Crippen molar-refractivity contribution in [1.29, 1.82) is 0 Å². The fraction of sp³-hybridized carbons (Fsp3) is 0.344. The number of nitrogens with one attached hydrogen (secondary N) is 1. The van der Waals surface area contributed by atoms with Gasteiger partial charge in [0.15, 0.2) is 0 Å². The number of ether oxygens (including phenoxy) is 1. The second-order valence-electron chi connectivity index (χ2n) is 10.8. The summed E-state index contributed by atoms with van der Waals surface area (Å²) in [6.45, 7) is 5.75. The molecule has 0 bridgehead atoms. The second kappa shape index (κ2) is 11.6. The number of benzene rings is 3. The van der Waals surface area contributed by atoms with Crippen LogP contribution in [0.4, 0.5) is 0 Å². The Morgan fingerprint density at radius 2 is 1.95 bits per heavy atom. The molecule has 1 fully saturated rings. The van der Waals surface area contributed by atoms with E-state index >= 15 is 0 Å². The Morgan fingerprint density at radius 3 is 2.76 bits per heavy atom. The van der Waals surface area contributed by atoms with Crippen molar-refractivity contribution in [2.24, 2.45) is 5.41 Å². The Kier molecular flexibility index (Phi) is 8.06. The summed E-state index contributed by atoms with van der Waals surface area (Å²) in [7, 11) is 1.90. The van der Waals surface area contributed by atoms with Gasteiger partial charge in [0.1, 0.15) is 5.75 Å². The number of hydrogen-bond donors (Lipinski definition) is 1. The summed E-state index contributed by atoms with van der Waals surface area (Å²) in [6.07, 6.45) is 4.43. The Balaban J connectivity index is 1.34. The first-order chi connectivity index (χ1) is 18.4.